The third kappa shape index (κ3) is 3.31. The van der Waals surface area contributed by atoms with Crippen molar-refractivity contribution >= 4 is 34.7 Å². The molecule has 0 amide bonds. The molecule has 1 N–H and O–H groups in total. The van der Waals surface area contributed by atoms with Gasteiger partial charge in [0, 0.05) is 0 Å². The van der Waals surface area contributed by atoms with Gasteiger partial charge < -0.3 is 5.32 Å². The molecule has 0 aliphatic rings. The molecule has 0 spiro atoms. The molecule has 0 saturated heterocycles. The second-order valence-corrected chi connectivity index (χ2v) is 6.44. The van der Waals surface area contributed by atoms with Crippen LogP contribution in [0.4, 0.5) is 0 Å². The van der Waals surface area contributed by atoms with Gasteiger partial charge in [-0.2, -0.15) is 0 Å². The van der Waals surface area contributed by atoms with Crippen molar-refractivity contribution in [1.29, 1.82) is 0 Å². The van der Waals surface area contributed by atoms with Crippen LogP contribution in [-0.2, 0) is 0 Å². The minimum Gasteiger partial charge on any atom is -0.306 e. The lowest BCUT2D eigenvalue weighted by Gasteiger charge is -2.19. The quantitative estimate of drug-likeness (QED) is 0.866. The van der Waals surface area contributed by atoms with Gasteiger partial charge >= 0.3 is 0 Å². The van der Waals surface area contributed by atoms with Crippen molar-refractivity contribution in [3.63, 3.8) is 0 Å². The summed E-state index contributed by atoms with van der Waals surface area (Å²) in [4.78, 5) is 1.14. The molecule has 108 valence electrons. The van der Waals surface area contributed by atoms with Gasteiger partial charge in [0.05, 0.1) is 26.7 Å². The number of rotatable bonds is 5. The second kappa shape index (κ2) is 6.85. The number of nitrogens with zero attached hydrogens (tertiary/aromatic N) is 2. The van der Waals surface area contributed by atoms with Gasteiger partial charge in [0.2, 0.25) is 0 Å². The average molecular weight is 330 g/mol. The Bertz CT molecular complexity index is 584. The van der Waals surface area contributed by atoms with Gasteiger partial charge in [-0.15, -0.1) is 5.10 Å². The van der Waals surface area contributed by atoms with Gasteiger partial charge in [-0.25, -0.2) is 0 Å². The van der Waals surface area contributed by atoms with E-state index in [1.165, 1.54) is 11.5 Å². The molecular formula is C14H17Cl2N3S. The van der Waals surface area contributed by atoms with Crippen molar-refractivity contribution in [3.8, 4) is 0 Å². The Balaban J connectivity index is 2.44. The highest BCUT2D eigenvalue weighted by atomic mass is 35.5. The first kappa shape index (κ1) is 15.7. The number of halogens is 2. The summed E-state index contributed by atoms with van der Waals surface area (Å²) in [5.74, 6) is 0.340. The lowest BCUT2D eigenvalue weighted by atomic mass is 10.00. The van der Waals surface area contributed by atoms with E-state index < -0.39 is 0 Å². The molecule has 3 nitrogen and oxygen atoms in total. The maximum absolute atomic E-state index is 6.13. The van der Waals surface area contributed by atoms with Crippen LogP contribution in [0.5, 0.6) is 0 Å². The Morgan fingerprint density at radius 1 is 1.25 bits per heavy atom. The van der Waals surface area contributed by atoms with E-state index in [0.29, 0.717) is 16.0 Å². The van der Waals surface area contributed by atoms with Crippen molar-refractivity contribution in [1.82, 2.24) is 14.9 Å². The second-order valence-electron chi connectivity index (χ2n) is 4.84. The Hall–Kier alpha value is -0.680. The molecule has 0 radical (unpaired) electrons. The normalized spacial score (nSPS) is 12.9. The van der Waals surface area contributed by atoms with E-state index >= 15 is 0 Å². The summed E-state index contributed by atoms with van der Waals surface area (Å²) in [6.45, 7) is 7.17. The van der Waals surface area contributed by atoms with Crippen LogP contribution in [0.2, 0.25) is 10.0 Å². The van der Waals surface area contributed by atoms with E-state index in [9.17, 15) is 0 Å². The van der Waals surface area contributed by atoms with Crippen LogP contribution in [0.3, 0.4) is 0 Å². The summed E-state index contributed by atoms with van der Waals surface area (Å²) < 4.78 is 4.10. The van der Waals surface area contributed by atoms with Gasteiger partial charge in [0.25, 0.3) is 0 Å². The maximum Gasteiger partial charge on any atom is 0.0832 e. The Labute approximate surface area is 133 Å². The molecule has 0 saturated carbocycles. The summed E-state index contributed by atoms with van der Waals surface area (Å²) in [5.41, 5.74) is 2.11. The van der Waals surface area contributed by atoms with Crippen LogP contribution >= 0.6 is 34.7 Å². The predicted octanol–water partition coefficient (Wildman–Crippen LogP) is 4.67. The van der Waals surface area contributed by atoms with Crippen molar-refractivity contribution in [2.24, 2.45) is 0 Å². The van der Waals surface area contributed by atoms with Gasteiger partial charge in [0.15, 0.2) is 0 Å². The summed E-state index contributed by atoms with van der Waals surface area (Å²) in [6.07, 6.45) is 0. The van der Waals surface area contributed by atoms with Crippen LogP contribution in [0, 0.1) is 0 Å². The molecule has 20 heavy (non-hydrogen) atoms. The van der Waals surface area contributed by atoms with E-state index in [2.05, 4.69) is 35.7 Å². The largest absolute Gasteiger partial charge is 0.306 e. The number of nitrogens with one attached hydrogen (secondary N) is 1. The lowest BCUT2D eigenvalue weighted by Crippen LogP contribution is -2.22. The first-order chi connectivity index (χ1) is 9.54. The third-order valence-electron chi connectivity index (χ3n) is 3.03. The third-order valence-corrected chi connectivity index (χ3v) is 4.58. The van der Waals surface area contributed by atoms with Crippen LogP contribution < -0.4 is 5.32 Å². The fourth-order valence-electron chi connectivity index (χ4n) is 2.06. The first-order valence-electron chi connectivity index (χ1n) is 6.55. The fraction of sp³-hybridized carbons (Fsp3) is 0.429. The number of hydrogen-bond donors (Lipinski definition) is 1. The zero-order chi connectivity index (χ0) is 14.7. The molecule has 0 aliphatic carbocycles. The number of benzene rings is 1. The molecule has 0 aliphatic heterocycles. The maximum atomic E-state index is 6.13. The summed E-state index contributed by atoms with van der Waals surface area (Å²) >= 11 is 13.6. The van der Waals surface area contributed by atoms with Crippen LogP contribution in [0.25, 0.3) is 0 Å². The average Bonchev–Trinajstić information content (AvgIpc) is 2.88. The van der Waals surface area contributed by atoms with Gasteiger partial charge in [-0.05, 0) is 41.7 Å². The van der Waals surface area contributed by atoms with E-state index in [0.717, 1.165) is 22.7 Å². The standard InChI is InChI=1S/C14H17Cl2N3S/c1-4-17-13(9-5-6-10(15)11(16)7-9)14-12(8(2)3)18-19-20-14/h5-8,13,17H,4H2,1-3H3. The van der Waals surface area contributed by atoms with E-state index in [-0.39, 0.29) is 6.04 Å². The van der Waals surface area contributed by atoms with E-state index in [1.54, 1.807) is 0 Å². The van der Waals surface area contributed by atoms with E-state index in [4.69, 9.17) is 23.2 Å². The zero-order valence-corrected chi connectivity index (χ0v) is 14.0. The van der Waals surface area contributed by atoms with Crippen LogP contribution in [-0.4, -0.2) is 16.1 Å². The summed E-state index contributed by atoms with van der Waals surface area (Å²) in [7, 11) is 0. The molecule has 1 aromatic heterocycles. The highest BCUT2D eigenvalue weighted by Crippen LogP contribution is 2.33. The molecule has 2 aromatic rings. The molecule has 0 fully saturated rings. The lowest BCUT2D eigenvalue weighted by molar-refractivity contribution is 0.626. The smallest absolute Gasteiger partial charge is 0.0832 e. The minimum atomic E-state index is 0.0483. The summed E-state index contributed by atoms with van der Waals surface area (Å²) in [6, 6.07) is 5.77. The van der Waals surface area contributed by atoms with Gasteiger partial charge in [-0.1, -0.05) is 54.5 Å². The van der Waals surface area contributed by atoms with Crippen LogP contribution in [0.1, 0.15) is 48.9 Å². The van der Waals surface area contributed by atoms with Gasteiger partial charge in [-0.3, -0.25) is 0 Å². The molecule has 2 rings (SSSR count). The molecule has 1 unspecified atom stereocenters. The molecule has 1 aromatic carbocycles. The molecular weight excluding hydrogens is 313 g/mol. The van der Waals surface area contributed by atoms with Crippen LogP contribution in [0.15, 0.2) is 18.2 Å². The molecule has 0 bridgehead atoms. The predicted molar refractivity (Wildman–Crippen MR) is 86.0 cm³/mol. The number of hydrogen-bond acceptors (Lipinski definition) is 4. The highest BCUT2D eigenvalue weighted by molar-refractivity contribution is 7.05. The van der Waals surface area contributed by atoms with Crippen molar-refractivity contribution < 1.29 is 0 Å². The fourth-order valence-corrected chi connectivity index (χ4v) is 3.28. The Kier molecular flexibility index (Phi) is 5.38. The first-order valence-corrected chi connectivity index (χ1v) is 8.08. The SMILES string of the molecule is CCNC(c1ccc(Cl)c(Cl)c1)c1snnc1C(C)C. The van der Waals surface area contributed by atoms with Crippen molar-refractivity contribution in [2.45, 2.75) is 32.7 Å². The highest BCUT2D eigenvalue weighted by Gasteiger charge is 2.22. The zero-order valence-electron chi connectivity index (χ0n) is 11.7. The summed E-state index contributed by atoms with van der Waals surface area (Å²) in [5, 5.41) is 8.86. The van der Waals surface area contributed by atoms with E-state index in [1.807, 2.05) is 18.2 Å². The van der Waals surface area contributed by atoms with Gasteiger partial charge in [0.1, 0.15) is 0 Å². The topological polar surface area (TPSA) is 37.8 Å². The van der Waals surface area contributed by atoms with Crippen molar-refractivity contribution in [3.05, 3.63) is 44.4 Å². The van der Waals surface area contributed by atoms with Crippen molar-refractivity contribution in [2.75, 3.05) is 6.54 Å². The molecule has 6 heteroatoms. The monoisotopic (exact) mass is 329 g/mol. The number of aromatic nitrogens is 2. The molecule has 1 atom stereocenters. The Morgan fingerprint density at radius 2 is 2.00 bits per heavy atom. The minimum absolute atomic E-state index is 0.0483. The Morgan fingerprint density at radius 3 is 2.60 bits per heavy atom. The molecule has 1 heterocycles.